The van der Waals surface area contributed by atoms with Gasteiger partial charge in [0.15, 0.2) is 0 Å². The molecule has 0 rings (SSSR count). The van der Waals surface area contributed by atoms with Crippen LogP contribution >= 0.6 is 0 Å². The second-order valence-electron chi connectivity index (χ2n) is 8.99. The van der Waals surface area contributed by atoms with E-state index in [9.17, 15) is 15.0 Å². The number of hydrogen-bond acceptors (Lipinski definition) is 4. The third-order valence-corrected chi connectivity index (χ3v) is 5.62. The summed E-state index contributed by atoms with van der Waals surface area (Å²) in [7, 11) is 0. The Morgan fingerprint density at radius 1 is 1.00 bits per heavy atom. The highest BCUT2D eigenvalue weighted by Gasteiger charge is 2.35. The van der Waals surface area contributed by atoms with Crippen LogP contribution in [0.1, 0.15) is 92.4 Å². The molecular weight excluding hydrogens is 340 g/mol. The van der Waals surface area contributed by atoms with Gasteiger partial charge in [0.1, 0.15) is 11.7 Å². The predicted octanol–water partition coefficient (Wildman–Crippen LogP) is 5.27. The van der Waals surface area contributed by atoms with E-state index < -0.39 is 24.3 Å². The van der Waals surface area contributed by atoms with Crippen LogP contribution in [0.3, 0.4) is 0 Å². The fourth-order valence-electron chi connectivity index (χ4n) is 3.53. The standard InChI is InChI=1S/C23H44O4/c1-7-22(26)27-23(6,21(25)17-24)16-10-15-20(5)14-9-13-19(4)12-8-11-18(2)3/h7,18-21,24-25H,1,8-17H2,2-6H3. The van der Waals surface area contributed by atoms with Gasteiger partial charge in [0.05, 0.1) is 6.61 Å². The van der Waals surface area contributed by atoms with Gasteiger partial charge in [0.2, 0.25) is 0 Å². The lowest BCUT2D eigenvalue weighted by atomic mass is 9.88. The molecule has 0 saturated carbocycles. The molecule has 0 aliphatic rings. The van der Waals surface area contributed by atoms with Gasteiger partial charge in [-0.2, -0.15) is 0 Å². The third kappa shape index (κ3) is 12.2. The average Bonchev–Trinajstić information content (AvgIpc) is 2.60. The van der Waals surface area contributed by atoms with Gasteiger partial charge < -0.3 is 14.9 Å². The lowest BCUT2D eigenvalue weighted by Crippen LogP contribution is -2.45. The molecule has 0 aromatic carbocycles. The van der Waals surface area contributed by atoms with E-state index in [1.807, 2.05) is 0 Å². The number of ether oxygens (including phenoxy) is 1. The van der Waals surface area contributed by atoms with E-state index in [4.69, 9.17) is 4.74 Å². The molecule has 4 nitrogen and oxygen atoms in total. The van der Waals surface area contributed by atoms with Crippen molar-refractivity contribution in [3.8, 4) is 0 Å². The van der Waals surface area contributed by atoms with Crippen molar-refractivity contribution in [3.63, 3.8) is 0 Å². The van der Waals surface area contributed by atoms with Gasteiger partial charge in [-0.05, 0) is 37.5 Å². The van der Waals surface area contributed by atoms with Crippen molar-refractivity contribution in [2.45, 2.75) is 104 Å². The largest absolute Gasteiger partial charge is 0.453 e. The molecule has 27 heavy (non-hydrogen) atoms. The molecule has 0 bridgehead atoms. The summed E-state index contributed by atoms with van der Waals surface area (Å²) in [6.45, 7) is 13.8. The summed E-state index contributed by atoms with van der Waals surface area (Å²) in [5.41, 5.74) is -1.06. The number of aliphatic hydroxyl groups excluding tert-OH is 2. The highest BCUT2D eigenvalue weighted by atomic mass is 16.6. The smallest absolute Gasteiger partial charge is 0.330 e. The maximum Gasteiger partial charge on any atom is 0.330 e. The Morgan fingerprint density at radius 3 is 1.93 bits per heavy atom. The zero-order chi connectivity index (χ0) is 20.9. The fourth-order valence-corrected chi connectivity index (χ4v) is 3.53. The maximum absolute atomic E-state index is 11.5. The molecular formula is C23H44O4. The van der Waals surface area contributed by atoms with Crippen LogP contribution in [0, 0.1) is 17.8 Å². The SMILES string of the molecule is C=CC(=O)OC(C)(CCCC(C)CCCC(C)CCCC(C)C)C(O)CO. The van der Waals surface area contributed by atoms with E-state index in [0.29, 0.717) is 12.3 Å². The molecule has 4 atom stereocenters. The summed E-state index contributed by atoms with van der Waals surface area (Å²) in [5, 5.41) is 19.3. The molecule has 0 saturated heterocycles. The Hall–Kier alpha value is -0.870. The minimum absolute atomic E-state index is 0.425. The zero-order valence-corrected chi connectivity index (χ0v) is 18.4. The van der Waals surface area contributed by atoms with Crippen molar-refractivity contribution in [3.05, 3.63) is 12.7 Å². The van der Waals surface area contributed by atoms with Crippen LogP contribution in [0.5, 0.6) is 0 Å². The Kier molecular flexibility index (Phi) is 13.7. The predicted molar refractivity (Wildman–Crippen MR) is 113 cm³/mol. The van der Waals surface area contributed by atoms with E-state index in [0.717, 1.165) is 30.8 Å². The summed E-state index contributed by atoms with van der Waals surface area (Å²) in [4.78, 5) is 11.5. The molecule has 0 aromatic heterocycles. The highest BCUT2D eigenvalue weighted by molar-refractivity contribution is 5.81. The van der Waals surface area contributed by atoms with Gasteiger partial charge in [-0.15, -0.1) is 0 Å². The number of hydrogen-bond donors (Lipinski definition) is 2. The Morgan fingerprint density at radius 2 is 1.48 bits per heavy atom. The molecule has 0 aliphatic carbocycles. The Balaban J connectivity index is 4.12. The van der Waals surface area contributed by atoms with Crippen LogP contribution in [-0.2, 0) is 9.53 Å². The zero-order valence-electron chi connectivity index (χ0n) is 18.4. The van der Waals surface area contributed by atoms with Gasteiger partial charge in [-0.1, -0.05) is 79.2 Å². The first kappa shape index (κ1) is 26.1. The van der Waals surface area contributed by atoms with Crippen LogP contribution in [-0.4, -0.2) is 34.5 Å². The summed E-state index contributed by atoms with van der Waals surface area (Å²) in [5.74, 6) is 1.65. The fraction of sp³-hybridized carbons (Fsp3) is 0.870. The number of carbonyl (C=O) groups excluding carboxylic acids is 1. The van der Waals surface area contributed by atoms with Crippen molar-refractivity contribution >= 4 is 5.97 Å². The summed E-state index contributed by atoms with van der Waals surface area (Å²) < 4.78 is 5.32. The molecule has 0 aromatic rings. The molecule has 0 radical (unpaired) electrons. The van der Waals surface area contributed by atoms with Crippen molar-refractivity contribution in [2.24, 2.45) is 17.8 Å². The van der Waals surface area contributed by atoms with Crippen molar-refractivity contribution in [2.75, 3.05) is 6.61 Å². The quantitative estimate of drug-likeness (QED) is 0.281. The number of rotatable bonds is 16. The average molecular weight is 385 g/mol. The Bertz CT molecular complexity index is 407. The highest BCUT2D eigenvalue weighted by Crippen LogP contribution is 2.27. The summed E-state index contributed by atoms with van der Waals surface area (Å²) in [6, 6.07) is 0. The minimum atomic E-state index is -1.08. The molecule has 0 heterocycles. The van der Waals surface area contributed by atoms with Gasteiger partial charge in [0.25, 0.3) is 0 Å². The van der Waals surface area contributed by atoms with Crippen LogP contribution in [0.4, 0.5) is 0 Å². The number of aliphatic hydroxyl groups is 2. The van der Waals surface area contributed by atoms with E-state index >= 15 is 0 Å². The molecule has 4 unspecified atom stereocenters. The van der Waals surface area contributed by atoms with E-state index in [2.05, 4.69) is 34.3 Å². The normalized spacial score (nSPS) is 17.2. The Labute approximate surface area is 167 Å². The van der Waals surface area contributed by atoms with Crippen molar-refractivity contribution in [1.82, 2.24) is 0 Å². The van der Waals surface area contributed by atoms with Crippen molar-refractivity contribution < 1.29 is 19.7 Å². The lowest BCUT2D eigenvalue weighted by Gasteiger charge is -2.33. The first-order chi connectivity index (χ1) is 12.6. The van der Waals surface area contributed by atoms with Gasteiger partial charge in [0, 0.05) is 6.08 Å². The van der Waals surface area contributed by atoms with Crippen LogP contribution in [0.15, 0.2) is 12.7 Å². The summed E-state index contributed by atoms with van der Waals surface area (Å²) in [6.07, 6.45) is 10.2. The van der Waals surface area contributed by atoms with E-state index in [1.165, 1.54) is 38.5 Å². The molecule has 4 heteroatoms. The van der Waals surface area contributed by atoms with E-state index in [1.54, 1.807) is 6.92 Å². The maximum atomic E-state index is 11.5. The molecule has 0 spiro atoms. The summed E-state index contributed by atoms with van der Waals surface area (Å²) >= 11 is 0. The number of carbonyl (C=O) groups is 1. The second-order valence-corrected chi connectivity index (χ2v) is 8.99. The first-order valence-electron chi connectivity index (χ1n) is 10.8. The molecule has 2 N–H and O–H groups in total. The molecule has 0 fully saturated rings. The first-order valence-corrected chi connectivity index (χ1v) is 10.8. The van der Waals surface area contributed by atoms with E-state index in [-0.39, 0.29) is 0 Å². The third-order valence-electron chi connectivity index (χ3n) is 5.62. The van der Waals surface area contributed by atoms with Gasteiger partial charge in [-0.25, -0.2) is 4.79 Å². The topological polar surface area (TPSA) is 66.8 Å². The molecule has 0 aliphatic heterocycles. The van der Waals surface area contributed by atoms with Gasteiger partial charge in [-0.3, -0.25) is 0 Å². The van der Waals surface area contributed by atoms with Crippen molar-refractivity contribution in [1.29, 1.82) is 0 Å². The number of esters is 1. The second kappa shape index (κ2) is 14.2. The van der Waals surface area contributed by atoms with Crippen LogP contribution in [0.25, 0.3) is 0 Å². The monoisotopic (exact) mass is 384 g/mol. The lowest BCUT2D eigenvalue weighted by molar-refractivity contribution is -0.169. The van der Waals surface area contributed by atoms with Crippen LogP contribution in [0.2, 0.25) is 0 Å². The molecule has 0 amide bonds. The van der Waals surface area contributed by atoms with Gasteiger partial charge >= 0.3 is 5.97 Å². The minimum Gasteiger partial charge on any atom is -0.453 e. The molecule has 160 valence electrons. The van der Waals surface area contributed by atoms with Crippen LogP contribution < -0.4 is 0 Å².